The number of nitrogens with zero attached hydrogens (tertiary/aromatic N) is 2. The van der Waals surface area contributed by atoms with Gasteiger partial charge < -0.3 is 29.3 Å². The van der Waals surface area contributed by atoms with Gasteiger partial charge in [0.1, 0.15) is 18.1 Å². The largest absolute Gasteiger partial charge is 0.507 e. The van der Waals surface area contributed by atoms with E-state index < -0.39 is 35.6 Å². The van der Waals surface area contributed by atoms with Crippen molar-refractivity contribution in [3.8, 4) is 17.2 Å². The van der Waals surface area contributed by atoms with Gasteiger partial charge in [-0.2, -0.15) is 0 Å². The lowest BCUT2D eigenvalue weighted by atomic mass is 9.83. The van der Waals surface area contributed by atoms with Gasteiger partial charge in [-0.1, -0.05) is 20.8 Å². The van der Waals surface area contributed by atoms with Crippen molar-refractivity contribution < 1.29 is 43.2 Å². The fraction of sp³-hybridized carbons (Fsp3) is 0.407. The lowest BCUT2D eigenvalue weighted by Gasteiger charge is -2.26. The minimum Gasteiger partial charge on any atom is -0.507 e. The van der Waals surface area contributed by atoms with Crippen LogP contribution in [-0.2, 0) is 28.0 Å². The number of carbonyl (C=O) groups is 3. The van der Waals surface area contributed by atoms with Crippen LogP contribution >= 0.6 is 0 Å². The number of Topliss-reactive ketones (excluding diaryl/α,β-unsaturated/α-hetero) is 1. The van der Waals surface area contributed by atoms with Crippen LogP contribution in [0.4, 0.5) is 9.18 Å². The Hall–Kier alpha value is -4.35. The number of ether oxygens (including phenoxy) is 3. The van der Waals surface area contributed by atoms with Crippen LogP contribution in [0, 0.1) is 11.2 Å². The van der Waals surface area contributed by atoms with Crippen LogP contribution in [0.15, 0.2) is 18.2 Å². The van der Waals surface area contributed by atoms with Crippen molar-refractivity contribution in [3.05, 3.63) is 51.8 Å². The van der Waals surface area contributed by atoms with Gasteiger partial charge in [0, 0.05) is 23.2 Å². The number of fused-ring (bicyclic) bond motifs is 1. The quantitative estimate of drug-likeness (QED) is 0.402. The molecule has 0 fully saturated rings. The van der Waals surface area contributed by atoms with Crippen LogP contribution < -0.4 is 9.47 Å². The summed E-state index contributed by atoms with van der Waals surface area (Å²) in [5.74, 6) is -2.80. The van der Waals surface area contributed by atoms with Crippen LogP contribution in [0.2, 0.25) is 0 Å². The molecule has 11 nitrogen and oxygen atoms in total. The number of phenols is 1. The number of amides is 1. The number of aliphatic carboxylic acids is 1. The summed E-state index contributed by atoms with van der Waals surface area (Å²) in [4.78, 5) is 39.2. The number of amidine groups is 1. The Morgan fingerprint density at radius 1 is 1.13 bits per heavy atom. The Balaban J connectivity index is 1.97. The van der Waals surface area contributed by atoms with Gasteiger partial charge >= 0.3 is 12.1 Å². The molecule has 0 aromatic heterocycles. The molecular formula is C27H32FN3O8. The third kappa shape index (κ3) is 5.89. The van der Waals surface area contributed by atoms with E-state index in [1.807, 2.05) is 20.8 Å². The maximum atomic E-state index is 15.1. The van der Waals surface area contributed by atoms with Crippen LogP contribution in [0.25, 0.3) is 0 Å². The average Bonchev–Trinajstić information content (AvgIpc) is 3.17. The summed E-state index contributed by atoms with van der Waals surface area (Å²) < 4.78 is 30.1. The monoisotopic (exact) mass is 545 g/mol. The molecule has 0 bridgehead atoms. The Labute approximate surface area is 225 Å². The van der Waals surface area contributed by atoms with Crippen LogP contribution in [-0.4, -0.2) is 78.1 Å². The van der Waals surface area contributed by atoms with E-state index in [1.54, 1.807) is 6.07 Å². The number of carboxylic acids is 1. The molecule has 39 heavy (non-hydrogen) atoms. The molecule has 0 unspecified atom stereocenters. The van der Waals surface area contributed by atoms with Gasteiger partial charge in [0.2, 0.25) is 0 Å². The van der Waals surface area contributed by atoms with Gasteiger partial charge in [-0.25, -0.2) is 9.18 Å². The summed E-state index contributed by atoms with van der Waals surface area (Å²) in [5, 5.41) is 28.7. The van der Waals surface area contributed by atoms with Gasteiger partial charge in [-0.05, 0) is 29.2 Å². The van der Waals surface area contributed by atoms with E-state index >= 15 is 4.39 Å². The molecule has 1 amide bonds. The van der Waals surface area contributed by atoms with Crippen molar-refractivity contribution in [2.75, 3.05) is 34.4 Å². The van der Waals surface area contributed by atoms with E-state index in [4.69, 9.17) is 14.9 Å². The molecule has 12 heteroatoms. The number of hydrogen-bond acceptors (Lipinski definition) is 8. The highest BCUT2D eigenvalue weighted by Gasteiger charge is 2.33. The van der Waals surface area contributed by atoms with E-state index in [0.29, 0.717) is 11.1 Å². The summed E-state index contributed by atoms with van der Waals surface area (Å²) in [5.41, 5.74) is 0.593. The lowest BCUT2D eigenvalue weighted by Crippen LogP contribution is -2.35. The number of carboxylic acid groups (broad SMARTS) is 1. The zero-order valence-electron chi connectivity index (χ0n) is 22.7. The third-order valence-electron chi connectivity index (χ3n) is 6.38. The summed E-state index contributed by atoms with van der Waals surface area (Å²) in [6.45, 7) is 4.27. The molecule has 2 aromatic rings. The standard InChI is InChI=1S/C27H32FN3O8/c1-27(2,3)17-8-14(7-16(23(17)35)11-31(13-20(33)34)26(36)39-6)18(32)12-30-10-15-9-19(37-4)24(38-5)22(28)21(15)25(30)29/h7-9,29,35H,10-13H2,1-6H3,(H,33,34). The molecule has 1 aliphatic heterocycles. The third-order valence-corrected chi connectivity index (χ3v) is 6.38. The normalized spacial score (nSPS) is 12.7. The second kappa shape index (κ2) is 11.2. The van der Waals surface area contributed by atoms with Crippen molar-refractivity contribution >= 4 is 23.7 Å². The van der Waals surface area contributed by atoms with E-state index in [0.717, 1.165) is 12.0 Å². The van der Waals surface area contributed by atoms with E-state index in [-0.39, 0.29) is 59.4 Å². The van der Waals surface area contributed by atoms with Crippen molar-refractivity contribution in [2.24, 2.45) is 0 Å². The van der Waals surface area contributed by atoms with Gasteiger partial charge in [-0.15, -0.1) is 0 Å². The Morgan fingerprint density at radius 3 is 2.33 bits per heavy atom. The number of ketones is 1. The Morgan fingerprint density at radius 2 is 1.79 bits per heavy atom. The number of benzene rings is 2. The van der Waals surface area contributed by atoms with Crippen molar-refractivity contribution in [1.82, 2.24) is 9.80 Å². The lowest BCUT2D eigenvalue weighted by molar-refractivity contribution is -0.138. The summed E-state index contributed by atoms with van der Waals surface area (Å²) in [7, 11) is 3.77. The Kier molecular flexibility index (Phi) is 8.37. The number of aromatic hydroxyl groups is 1. The molecule has 0 aliphatic carbocycles. The second-order valence-corrected chi connectivity index (χ2v) is 10.1. The van der Waals surface area contributed by atoms with Gasteiger partial charge in [0.25, 0.3) is 0 Å². The molecule has 0 spiro atoms. The number of rotatable bonds is 9. The zero-order valence-corrected chi connectivity index (χ0v) is 22.7. The highest BCUT2D eigenvalue weighted by Crippen LogP contribution is 2.39. The number of phenolic OH excluding ortho intramolecular Hbond substituents is 1. The topological polar surface area (TPSA) is 150 Å². The Bertz CT molecular complexity index is 1340. The fourth-order valence-electron chi connectivity index (χ4n) is 4.45. The smallest absolute Gasteiger partial charge is 0.410 e. The van der Waals surface area contributed by atoms with Crippen LogP contribution in [0.5, 0.6) is 17.2 Å². The fourth-order valence-corrected chi connectivity index (χ4v) is 4.45. The van der Waals surface area contributed by atoms with Crippen molar-refractivity contribution in [1.29, 1.82) is 5.41 Å². The highest BCUT2D eigenvalue weighted by molar-refractivity contribution is 6.06. The van der Waals surface area contributed by atoms with E-state index in [2.05, 4.69) is 4.74 Å². The predicted molar refractivity (Wildman–Crippen MR) is 138 cm³/mol. The molecule has 0 atom stereocenters. The molecule has 0 saturated carbocycles. The SMILES string of the molecule is COC(=O)N(CC(=O)O)Cc1cc(C(=O)CN2Cc3cc(OC)c(OC)c(F)c3C2=N)cc(C(C)(C)C)c1O. The number of methoxy groups -OCH3 is 3. The molecule has 2 aromatic carbocycles. The second-order valence-electron chi connectivity index (χ2n) is 10.1. The average molecular weight is 546 g/mol. The first-order valence-electron chi connectivity index (χ1n) is 11.9. The first kappa shape index (κ1) is 29.2. The summed E-state index contributed by atoms with van der Waals surface area (Å²) >= 11 is 0. The molecule has 3 rings (SSSR count). The maximum absolute atomic E-state index is 15.1. The maximum Gasteiger partial charge on any atom is 0.410 e. The van der Waals surface area contributed by atoms with Crippen molar-refractivity contribution in [3.63, 3.8) is 0 Å². The summed E-state index contributed by atoms with van der Waals surface area (Å²) in [6, 6.07) is 4.47. The number of hydrogen-bond donors (Lipinski definition) is 3. The molecule has 0 saturated heterocycles. The van der Waals surface area contributed by atoms with E-state index in [1.165, 1.54) is 31.3 Å². The highest BCUT2D eigenvalue weighted by atomic mass is 19.1. The predicted octanol–water partition coefficient (Wildman–Crippen LogP) is 3.52. The summed E-state index contributed by atoms with van der Waals surface area (Å²) in [6.07, 6.45) is -0.915. The first-order chi connectivity index (χ1) is 18.2. The number of carbonyl (C=O) groups excluding carboxylic acids is 2. The zero-order chi connectivity index (χ0) is 29.2. The van der Waals surface area contributed by atoms with Crippen LogP contribution in [0.1, 0.15) is 53.4 Å². The van der Waals surface area contributed by atoms with Gasteiger partial charge in [0.05, 0.1) is 40.0 Å². The van der Waals surface area contributed by atoms with Crippen molar-refractivity contribution in [2.45, 2.75) is 39.3 Å². The molecule has 0 radical (unpaired) electrons. The minimum absolute atomic E-state index is 0.0182. The van der Waals surface area contributed by atoms with Gasteiger partial charge in [-0.3, -0.25) is 19.9 Å². The molecule has 1 heterocycles. The number of nitrogens with one attached hydrogen (secondary N) is 1. The molecule has 3 N–H and O–H groups in total. The van der Waals surface area contributed by atoms with Gasteiger partial charge in [0.15, 0.2) is 23.1 Å². The minimum atomic E-state index is -1.28. The number of halogens is 1. The molecule has 210 valence electrons. The molecule has 1 aliphatic rings. The van der Waals surface area contributed by atoms with E-state index in [9.17, 15) is 24.6 Å². The molecular weight excluding hydrogens is 513 g/mol. The van der Waals surface area contributed by atoms with Crippen LogP contribution in [0.3, 0.4) is 0 Å². The first-order valence-corrected chi connectivity index (χ1v) is 11.9.